The maximum absolute atomic E-state index is 8.65. The molecule has 1 heteroatoms. The van der Waals surface area contributed by atoms with Crippen molar-refractivity contribution in [2.45, 2.75) is 38.5 Å². The van der Waals surface area contributed by atoms with Crippen LogP contribution in [0.4, 0.5) is 0 Å². The summed E-state index contributed by atoms with van der Waals surface area (Å²) in [6, 6.07) is 0. The SMILES string of the molecule is OCCCCC1=CC2CCC1C2. The molecule has 1 fully saturated rings. The Bertz CT molecular complexity index is 183. The number of allylic oxidation sites excluding steroid dienone is 2. The first-order valence-corrected chi connectivity index (χ1v) is 5.21. The van der Waals surface area contributed by atoms with Gasteiger partial charge in [-0.3, -0.25) is 0 Å². The molecule has 68 valence electrons. The molecule has 0 aromatic carbocycles. The molecule has 0 spiro atoms. The highest BCUT2D eigenvalue weighted by atomic mass is 16.2. The maximum Gasteiger partial charge on any atom is 0.0431 e. The lowest BCUT2D eigenvalue weighted by atomic mass is 9.94. The van der Waals surface area contributed by atoms with E-state index in [1.165, 1.54) is 32.1 Å². The average molecular weight is 166 g/mol. The summed E-state index contributed by atoms with van der Waals surface area (Å²) in [4.78, 5) is 0. The van der Waals surface area contributed by atoms with E-state index in [2.05, 4.69) is 6.08 Å². The predicted octanol–water partition coefficient (Wildman–Crippen LogP) is 2.51. The average Bonchev–Trinajstić information content (AvgIpc) is 2.65. The van der Waals surface area contributed by atoms with E-state index in [-0.39, 0.29) is 0 Å². The minimum Gasteiger partial charge on any atom is -0.396 e. The van der Waals surface area contributed by atoms with Gasteiger partial charge < -0.3 is 5.11 Å². The highest BCUT2D eigenvalue weighted by Gasteiger charge is 2.31. The van der Waals surface area contributed by atoms with Gasteiger partial charge >= 0.3 is 0 Å². The second-order valence-corrected chi connectivity index (χ2v) is 4.19. The van der Waals surface area contributed by atoms with Gasteiger partial charge in [0.25, 0.3) is 0 Å². The summed E-state index contributed by atoms with van der Waals surface area (Å²) >= 11 is 0. The van der Waals surface area contributed by atoms with E-state index in [0.29, 0.717) is 6.61 Å². The zero-order valence-electron chi connectivity index (χ0n) is 7.63. The third-order valence-corrected chi connectivity index (χ3v) is 3.32. The molecule has 0 amide bonds. The number of aliphatic hydroxyl groups excluding tert-OH is 1. The van der Waals surface area contributed by atoms with Gasteiger partial charge in [0.15, 0.2) is 0 Å². The standard InChI is InChI=1S/C11H18O/c12-6-2-1-3-10-7-9-4-5-11(10)8-9/h7,9,11-12H,1-6,8H2. The van der Waals surface area contributed by atoms with E-state index in [0.717, 1.165) is 18.3 Å². The normalized spacial score (nSPS) is 32.6. The molecule has 1 nitrogen and oxygen atoms in total. The molecule has 0 heterocycles. The summed E-state index contributed by atoms with van der Waals surface area (Å²) in [7, 11) is 0. The van der Waals surface area contributed by atoms with Crippen LogP contribution in [0.15, 0.2) is 11.6 Å². The molecule has 2 atom stereocenters. The zero-order valence-corrected chi connectivity index (χ0v) is 7.63. The van der Waals surface area contributed by atoms with Crippen molar-refractivity contribution in [3.05, 3.63) is 11.6 Å². The van der Waals surface area contributed by atoms with Crippen molar-refractivity contribution in [2.24, 2.45) is 11.8 Å². The molecule has 12 heavy (non-hydrogen) atoms. The van der Waals surface area contributed by atoms with E-state index < -0.39 is 0 Å². The number of hydrogen-bond acceptors (Lipinski definition) is 1. The Hall–Kier alpha value is -0.300. The molecule has 1 N–H and O–H groups in total. The third-order valence-electron chi connectivity index (χ3n) is 3.32. The number of fused-ring (bicyclic) bond motifs is 2. The molecule has 0 aromatic heterocycles. The van der Waals surface area contributed by atoms with Crippen LogP contribution in [0.25, 0.3) is 0 Å². The second kappa shape index (κ2) is 3.61. The summed E-state index contributed by atoms with van der Waals surface area (Å²) in [6.45, 7) is 0.362. The topological polar surface area (TPSA) is 20.2 Å². The van der Waals surface area contributed by atoms with Crippen LogP contribution in [0.1, 0.15) is 38.5 Å². The fourth-order valence-corrected chi connectivity index (χ4v) is 2.67. The monoisotopic (exact) mass is 166 g/mol. The first kappa shape index (κ1) is 8.31. The Morgan fingerprint density at radius 2 is 2.25 bits per heavy atom. The summed E-state index contributed by atoms with van der Waals surface area (Å²) in [5.41, 5.74) is 1.71. The summed E-state index contributed by atoms with van der Waals surface area (Å²) in [6.07, 6.45) is 10.2. The van der Waals surface area contributed by atoms with Crippen LogP contribution in [-0.4, -0.2) is 11.7 Å². The zero-order chi connectivity index (χ0) is 8.39. The van der Waals surface area contributed by atoms with Gasteiger partial charge in [0.2, 0.25) is 0 Å². The van der Waals surface area contributed by atoms with Crippen LogP contribution in [-0.2, 0) is 0 Å². The van der Waals surface area contributed by atoms with Crippen molar-refractivity contribution in [1.29, 1.82) is 0 Å². The summed E-state index contributed by atoms with van der Waals surface area (Å²) in [5.74, 6) is 1.87. The molecule has 2 rings (SSSR count). The molecule has 0 radical (unpaired) electrons. The minimum absolute atomic E-state index is 0.362. The fourth-order valence-electron chi connectivity index (χ4n) is 2.67. The summed E-state index contributed by atoms with van der Waals surface area (Å²) < 4.78 is 0. The van der Waals surface area contributed by atoms with E-state index in [9.17, 15) is 0 Å². The van der Waals surface area contributed by atoms with E-state index >= 15 is 0 Å². The fraction of sp³-hybridized carbons (Fsp3) is 0.818. The molecule has 2 unspecified atom stereocenters. The minimum atomic E-state index is 0.362. The van der Waals surface area contributed by atoms with Crippen molar-refractivity contribution in [3.8, 4) is 0 Å². The van der Waals surface area contributed by atoms with Crippen LogP contribution in [0.2, 0.25) is 0 Å². The smallest absolute Gasteiger partial charge is 0.0431 e. The van der Waals surface area contributed by atoms with Gasteiger partial charge in [0.05, 0.1) is 0 Å². The number of aliphatic hydroxyl groups is 1. The lowest BCUT2D eigenvalue weighted by Gasteiger charge is -2.12. The van der Waals surface area contributed by atoms with E-state index in [1.54, 1.807) is 5.57 Å². The van der Waals surface area contributed by atoms with Gasteiger partial charge in [0, 0.05) is 6.61 Å². The molecular formula is C11H18O. The Labute approximate surface area is 74.5 Å². The Kier molecular flexibility index (Phi) is 2.50. The Morgan fingerprint density at radius 3 is 2.83 bits per heavy atom. The number of unbranched alkanes of at least 4 members (excludes halogenated alkanes) is 1. The van der Waals surface area contributed by atoms with Gasteiger partial charge in [0.1, 0.15) is 0 Å². The van der Waals surface area contributed by atoms with Gasteiger partial charge in [-0.25, -0.2) is 0 Å². The first-order chi connectivity index (χ1) is 5.90. The molecule has 1 saturated carbocycles. The second-order valence-electron chi connectivity index (χ2n) is 4.19. The van der Waals surface area contributed by atoms with E-state index in [4.69, 9.17) is 5.11 Å². The van der Waals surface area contributed by atoms with Crippen molar-refractivity contribution in [3.63, 3.8) is 0 Å². The number of hydrogen-bond donors (Lipinski definition) is 1. The molecular weight excluding hydrogens is 148 g/mol. The quantitative estimate of drug-likeness (QED) is 0.502. The molecule has 0 aliphatic heterocycles. The van der Waals surface area contributed by atoms with Crippen LogP contribution in [0.5, 0.6) is 0 Å². The third kappa shape index (κ3) is 1.56. The molecule has 0 aromatic rings. The van der Waals surface area contributed by atoms with Crippen LogP contribution >= 0.6 is 0 Å². The van der Waals surface area contributed by atoms with Crippen LogP contribution in [0.3, 0.4) is 0 Å². The van der Waals surface area contributed by atoms with E-state index in [1.807, 2.05) is 0 Å². The van der Waals surface area contributed by atoms with Crippen LogP contribution in [0, 0.1) is 11.8 Å². The predicted molar refractivity (Wildman–Crippen MR) is 49.9 cm³/mol. The Morgan fingerprint density at radius 1 is 1.33 bits per heavy atom. The summed E-state index contributed by atoms with van der Waals surface area (Å²) in [5, 5.41) is 8.65. The largest absolute Gasteiger partial charge is 0.396 e. The highest BCUT2D eigenvalue weighted by Crippen LogP contribution is 2.45. The molecule has 2 aliphatic carbocycles. The maximum atomic E-state index is 8.65. The molecule has 2 aliphatic rings. The first-order valence-electron chi connectivity index (χ1n) is 5.21. The highest BCUT2D eigenvalue weighted by molar-refractivity contribution is 5.19. The van der Waals surface area contributed by atoms with Crippen molar-refractivity contribution < 1.29 is 5.11 Å². The van der Waals surface area contributed by atoms with Gasteiger partial charge in [-0.1, -0.05) is 11.6 Å². The van der Waals surface area contributed by atoms with Crippen molar-refractivity contribution in [1.82, 2.24) is 0 Å². The van der Waals surface area contributed by atoms with Gasteiger partial charge in [-0.15, -0.1) is 0 Å². The van der Waals surface area contributed by atoms with Crippen LogP contribution < -0.4 is 0 Å². The molecule has 0 saturated heterocycles. The van der Waals surface area contributed by atoms with Crippen molar-refractivity contribution in [2.75, 3.05) is 6.61 Å². The Balaban J connectivity index is 1.78. The van der Waals surface area contributed by atoms with Crippen molar-refractivity contribution >= 4 is 0 Å². The lowest BCUT2D eigenvalue weighted by molar-refractivity contribution is 0.284. The lowest BCUT2D eigenvalue weighted by Crippen LogP contribution is -1.97. The van der Waals surface area contributed by atoms with Gasteiger partial charge in [-0.2, -0.15) is 0 Å². The molecule has 2 bridgehead atoms. The number of rotatable bonds is 4. The van der Waals surface area contributed by atoms with Gasteiger partial charge in [-0.05, 0) is 50.4 Å².